The summed E-state index contributed by atoms with van der Waals surface area (Å²) in [6.07, 6.45) is 2.11. The highest BCUT2D eigenvalue weighted by molar-refractivity contribution is 6.39. The Morgan fingerprint density at radius 3 is 2.38 bits per heavy atom. The van der Waals surface area contributed by atoms with Crippen LogP contribution in [0.1, 0.15) is 38.2 Å². The maximum absolute atomic E-state index is 12.5. The first kappa shape index (κ1) is 23.9. The number of nitrogens with one attached hydrogen (secondary N) is 3. The molecule has 2 saturated heterocycles. The van der Waals surface area contributed by atoms with E-state index in [9.17, 15) is 19.2 Å². The molecular formula is C23H33N5O4. The lowest BCUT2D eigenvalue weighted by atomic mass is 9.72. The van der Waals surface area contributed by atoms with E-state index >= 15 is 0 Å². The van der Waals surface area contributed by atoms with Crippen molar-refractivity contribution in [3.8, 4) is 0 Å². The van der Waals surface area contributed by atoms with Crippen molar-refractivity contribution in [2.45, 2.75) is 38.0 Å². The summed E-state index contributed by atoms with van der Waals surface area (Å²) in [5, 5.41) is 7.68. The SMILES string of the molecule is CC[C@]1(c2ccc(NC(=O)C(=O)NCCCN3CCN(C)CC3)cc2)CCC(=O)NC1=O. The van der Waals surface area contributed by atoms with Crippen molar-refractivity contribution < 1.29 is 19.2 Å². The fourth-order valence-electron chi connectivity index (χ4n) is 4.28. The molecule has 2 aliphatic rings. The van der Waals surface area contributed by atoms with Crippen LogP contribution in [0.25, 0.3) is 0 Å². The Morgan fingerprint density at radius 1 is 1.06 bits per heavy atom. The molecule has 3 N–H and O–H groups in total. The molecule has 2 aliphatic heterocycles. The number of hydrogen-bond donors (Lipinski definition) is 3. The quantitative estimate of drug-likeness (QED) is 0.321. The highest BCUT2D eigenvalue weighted by Crippen LogP contribution is 2.36. The third kappa shape index (κ3) is 5.72. The van der Waals surface area contributed by atoms with Crippen LogP contribution < -0.4 is 16.0 Å². The van der Waals surface area contributed by atoms with E-state index < -0.39 is 17.2 Å². The molecule has 9 nitrogen and oxygen atoms in total. The zero-order chi connectivity index (χ0) is 23.1. The Labute approximate surface area is 188 Å². The number of imide groups is 1. The number of amides is 4. The summed E-state index contributed by atoms with van der Waals surface area (Å²) in [6.45, 7) is 7.42. The number of rotatable bonds is 7. The van der Waals surface area contributed by atoms with Crippen LogP contribution in [0.2, 0.25) is 0 Å². The first-order valence-corrected chi connectivity index (χ1v) is 11.3. The lowest BCUT2D eigenvalue weighted by Gasteiger charge is -2.35. The van der Waals surface area contributed by atoms with Gasteiger partial charge in [-0.05, 0) is 50.6 Å². The standard InChI is InChI=1S/C23H33N5O4/c1-3-23(10-9-19(29)26-22(23)32)17-5-7-18(8-6-17)25-21(31)20(30)24-11-4-12-28-15-13-27(2)14-16-28/h5-8H,3-4,9-16H2,1-2H3,(H,24,30)(H,25,31)(H,26,29,32)/t23-/m1/s1. The Balaban J connectivity index is 1.46. The van der Waals surface area contributed by atoms with E-state index in [4.69, 9.17) is 0 Å². The van der Waals surface area contributed by atoms with Gasteiger partial charge in [-0.1, -0.05) is 19.1 Å². The van der Waals surface area contributed by atoms with Gasteiger partial charge in [0, 0.05) is 44.8 Å². The van der Waals surface area contributed by atoms with Crippen molar-refractivity contribution in [2.24, 2.45) is 0 Å². The number of carbonyl (C=O) groups is 4. The molecule has 0 spiro atoms. The van der Waals surface area contributed by atoms with Crippen LogP contribution in [0.5, 0.6) is 0 Å². The third-order valence-corrected chi connectivity index (χ3v) is 6.50. The summed E-state index contributed by atoms with van der Waals surface area (Å²) >= 11 is 0. The van der Waals surface area contributed by atoms with Crippen molar-refractivity contribution >= 4 is 29.3 Å². The smallest absolute Gasteiger partial charge is 0.313 e. The molecule has 1 aromatic carbocycles. The summed E-state index contributed by atoms with van der Waals surface area (Å²) in [5.74, 6) is -1.92. The summed E-state index contributed by atoms with van der Waals surface area (Å²) in [7, 11) is 2.11. The molecule has 0 aliphatic carbocycles. The van der Waals surface area contributed by atoms with Crippen molar-refractivity contribution in [2.75, 3.05) is 51.6 Å². The van der Waals surface area contributed by atoms with E-state index in [1.54, 1.807) is 24.3 Å². The number of piperazine rings is 1. The van der Waals surface area contributed by atoms with E-state index in [0.29, 0.717) is 31.5 Å². The molecule has 1 aromatic rings. The van der Waals surface area contributed by atoms with Gasteiger partial charge in [0.15, 0.2) is 0 Å². The van der Waals surface area contributed by atoms with Crippen molar-refractivity contribution in [1.29, 1.82) is 0 Å². The first-order valence-electron chi connectivity index (χ1n) is 11.3. The fraction of sp³-hybridized carbons (Fsp3) is 0.565. The Bertz CT molecular complexity index is 848. The molecule has 3 rings (SSSR count). The predicted octanol–water partition coefficient (Wildman–Crippen LogP) is 0.463. The van der Waals surface area contributed by atoms with Crippen LogP contribution in [0.4, 0.5) is 5.69 Å². The molecule has 4 amide bonds. The van der Waals surface area contributed by atoms with Crippen LogP contribution in [-0.2, 0) is 24.6 Å². The number of anilines is 1. The monoisotopic (exact) mass is 443 g/mol. The zero-order valence-electron chi connectivity index (χ0n) is 18.9. The molecule has 0 aromatic heterocycles. The van der Waals surface area contributed by atoms with Crippen LogP contribution in [-0.4, -0.2) is 79.7 Å². The van der Waals surface area contributed by atoms with Crippen LogP contribution in [0.3, 0.4) is 0 Å². The van der Waals surface area contributed by atoms with E-state index in [0.717, 1.165) is 44.7 Å². The van der Waals surface area contributed by atoms with Crippen molar-refractivity contribution in [1.82, 2.24) is 20.4 Å². The van der Waals surface area contributed by atoms with Crippen LogP contribution >= 0.6 is 0 Å². The third-order valence-electron chi connectivity index (χ3n) is 6.50. The van der Waals surface area contributed by atoms with Gasteiger partial charge in [-0.15, -0.1) is 0 Å². The van der Waals surface area contributed by atoms with Gasteiger partial charge >= 0.3 is 11.8 Å². The molecule has 0 bridgehead atoms. The second-order valence-electron chi connectivity index (χ2n) is 8.60. The molecule has 2 heterocycles. The lowest BCUT2D eigenvalue weighted by Crippen LogP contribution is -2.51. The average Bonchev–Trinajstić information content (AvgIpc) is 2.79. The minimum Gasteiger partial charge on any atom is -0.348 e. The zero-order valence-corrected chi connectivity index (χ0v) is 18.9. The highest BCUT2D eigenvalue weighted by atomic mass is 16.2. The van der Waals surface area contributed by atoms with Gasteiger partial charge in [0.2, 0.25) is 11.8 Å². The van der Waals surface area contributed by atoms with E-state index in [2.05, 4.69) is 32.8 Å². The van der Waals surface area contributed by atoms with Gasteiger partial charge in [-0.25, -0.2) is 0 Å². The fourth-order valence-corrected chi connectivity index (χ4v) is 4.28. The Kier molecular flexibility index (Phi) is 7.98. The Hall–Kier alpha value is -2.78. The van der Waals surface area contributed by atoms with Gasteiger partial charge in [-0.2, -0.15) is 0 Å². The van der Waals surface area contributed by atoms with Gasteiger partial charge in [-0.3, -0.25) is 24.5 Å². The maximum atomic E-state index is 12.5. The average molecular weight is 444 g/mol. The normalized spacial score (nSPS) is 22.3. The number of nitrogens with zero attached hydrogens (tertiary/aromatic N) is 2. The maximum Gasteiger partial charge on any atom is 0.313 e. The number of piperidine rings is 1. The molecule has 0 saturated carbocycles. The summed E-state index contributed by atoms with van der Waals surface area (Å²) < 4.78 is 0. The molecule has 0 radical (unpaired) electrons. The molecule has 9 heteroatoms. The van der Waals surface area contributed by atoms with Crippen molar-refractivity contribution in [3.63, 3.8) is 0 Å². The van der Waals surface area contributed by atoms with E-state index in [1.807, 2.05) is 6.92 Å². The summed E-state index contributed by atoms with van der Waals surface area (Å²) in [6, 6.07) is 6.88. The molecule has 32 heavy (non-hydrogen) atoms. The largest absolute Gasteiger partial charge is 0.348 e. The van der Waals surface area contributed by atoms with Crippen LogP contribution in [0, 0.1) is 0 Å². The Morgan fingerprint density at radius 2 is 1.75 bits per heavy atom. The van der Waals surface area contributed by atoms with Crippen molar-refractivity contribution in [3.05, 3.63) is 29.8 Å². The second kappa shape index (κ2) is 10.7. The van der Waals surface area contributed by atoms with Gasteiger partial charge in [0.25, 0.3) is 0 Å². The molecule has 0 unspecified atom stereocenters. The number of carbonyl (C=O) groups excluding carboxylic acids is 4. The van der Waals surface area contributed by atoms with Gasteiger partial charge in [0.05, 0.1) is 5.41 Å². The van der Waals surface area contributed by atoms with Crippen LogP contribution in [0.15, 0.2) is 24.3 Å². The van der Waals surface area contributed by atoms with E-state index in [-0.39, 0.29) is 11.8 Å². The first-order chi connectivity index (χ1) is 15.3. The summed E-state index contributed by atoms with van der Waals surface area (Å²) in [5.41, 5.74) is 0.513. The molecule has 2 fully saturated rings. The number of benzene rings is 1. The van der Waals surface area contributed by atoms with Gasteiger partial charge < -0.3 is 20.4 Å². The van der Waals surface area contributed by atoms with E-state index in [1.165, 1.54) is 0 Å². The lowest BCUT2D eigenvalue weighted by molar-refractivity contribution is -0.138. The second-order valence-corrected chi connectivity index (χ2v) is 8.60. The number of hydrogen-bond acceptors (Lipinski definition) is 6. The summed E-state index contributed by atoms with van der Waals surface area (Å²) in [4.78, 5) is 53.0. The molecule has 1 atom stereocenters. The minimum atomic E-state index is -0.752. The topological polar surface area (TPSA) is 111 Å². The minimum absolute atomic E-state index is 0.252. The molecular weight excluding hydrogens is 410 g/mol. The highest BCUT2D eigenvalue weighted by Gasteiger charge is 2.42. The predicted molar refractivity (Wildman–Crippen MR) is 121 cm³/mol. The molecule has 174 valence electrons. The number of likely N-dealkylation sites (N-methyl/N-ethyl adjacent to an activating group) is 1. The van der Waals surface area contributed by atoms with Gasteiger partial charge in [0.1, 0.15) is 0 Å².